The third kappa shape index (κ3) is 3.96. The van der Waals surface area contributed by atoms with Gasteiger partial charge in [-0.05, 0) is 48.3 Å². The molecule has 0 aliphatic carbocycles. The molecule has 3 heterocycles. The molecule has 1 aliphatic heterocycles. The maximum absolute atomic E-state index is 5.70. The normalized spacial score (nSPS) is 16.7. The SMILES string of the molecule is COCCN1C(=S)NC(c2ccc(OC)cc2)C(c2nc(-c3cccs3)no2)=C1C. The van der Waals surface area contributed by atoms with Gasteiger partial charge in [0.2, 0.25) is 5.82 Å². The van der Waals surface area contributed by atoms with E-state index in [1.165, 1.54) is 0 Å². The van der Waals surface area contributed by atoms with Gasteiger partial charge in [-0.2, -0.15) is 4.98 Å². The molecule has 1 atom stereocenters. The number of hydrogen-bond donors (Lipinski definition) is 1. The average molecular weight is 443 g/mol. The van der Waals surface area contributed by atoms with Crippen molar-refractivity contribution in [1.29, 1.82) is 0 Å². The zero-order valence-electron chi connectivity index (χ0n) is 16.9. The lowest BCUT2D eigenvalue weighted by molar-refractivity contribution is 0.183. The van der Waals surface area contributed by atoms with Crippen LogP contribution in [0.4, 0.5) is 0 Å². The summed E-state index contributed by atoms with van der Waals surface area (Å²) in [6, 6.07) is 11.6. The van der Waals surface area contributed by atoms with Gasteiger partial charge >= 0.3 is 0 Å². The molecular formula is C21H22N4O3S2. The van der Waals surface area contributed by atoms with Crippen LogP contribution in [0.5, 0.6) is 5.75 Å². The van der Waals surface area contributed by atoms with Crippen molar-refractivity contribution in [2.24, 2.45) is 0 Å². The molecule has 7 nitrogen and oxygen atoms in total. The summed E-state index contributed by atoms with van der Waals surface area (Å²) in [4.78, 5) is 7.65. The minimum Gasteiger partial charge on any atom is -0.497 e. The Labute approximate surface area is 184 Å². The van der Waals surface area contributed by atoms with Gasteiger partial charge in [0, 0.05) is 19.4 Å². The highest BCUT2D eigenvalue weighted by molar-refractivity contribution is 7.80. The number of rotatable bonds is 7. The van der Waals surface area contributed by atoms with E-state index in [1.54, 1.807) is 25.6 Å². The highest BCUT2D eigenvalue weighted by Gasteiger charge is 2.34. The van der Waals surface area contributed by atoms with E-state index in [0.29, 0.717) is 30.0 Å². The van der Waals surface area contributed by atoms with Crippen LogP contribution in [0.25, 0.3) is 16.3 Å². The molecule has 1 aliphatic rings. The number of methoxy groups -OCH3 is 2. The van der Waals surface area contributed by atoms with Crippen LogP contribution in [0.3, 0.4) is 0 Å². The van der Waals surface area contributed by atoms with Crippen molar-refractivity contribution in [2.75, 3.05) is 27.4 Å². The number of benzene rings is 1. The summed E-state index contributed by atoms with van der Waals surface area (Å²) in [6.07, 6.45) is 0. The number of allylic oxidation sites excluding steroid dienone is 1. The van der Waals surface area contributed by atoms with E-state index in [2.05, 4.69) is 15.5 Å². The van der Waals surface area contributed by atoms with E-state index >= 15 is 0 Å². The third-order valence-electron chi connectivity index (χ3n) is 4.96. The summed E-state index contributed by atoms with van der Waals surface area (Å²) in [5.74, 6) is 1.83. The Morgan fingerprint density at radius 3 is 2.70 bits per heavy atom. The quantitative estimate of drug-likeness (QED) is 0.548. The van der Waals surface area contributed by atoms with Crippen LogP contribution in [0.1, 0.15) is 24.4 Å². The first-order valence-electron chi connectivity index (χ1n) is 9.42. The number of aromatic nitrogens is 2. The second-order valence-electron chi connectivity index (χ2n) is 6.70. The van der Waals surface area contributed by atoms with Crippen LogP contribution < -0.4 is 10.1 Å². The number of thiocarbonyl (C=S) groups is 1. The van der Waals surface area contributed by atoms with Crippen molar-refractivity contribution in [3.05, 3.63) is 58.9 Å². The van der Waals surface area contributed by atoms with E-state index in [4.69, 9.17) is 26.2 Å². The molecule has 4 rings (SSSR count). The first kappa shape index (κ1) is 20.5. The summed E-state index contributed by atoms with van der Waals surface area (Å²) < 4.78 is 16.3. The Balaban J connectivity index is 1.78. The summed E-state index contributed by atoms with van der Waals surface area (Å²) >= 11 is 7.22. The van der Waals surface area contributed by atoms with Gasteiger partial charge in [0.25, 0.3) is 5.89 Å². The van der Waals surface area contributed by atoms with Gasteiger partial charge in [-0.25, -0.2) is 0 Å². The molecule has 2 aromatic heterocycles. The summed E-state index contributed by atoms with van der Waals surface area (Å²) in [5.41, 5.74) is 2.87. The summed E-state index contributed by atoms with van der Waals surface area (Å²) in [6.45, 7) is 3.19. The molecule has 0 amide bonds. The fraction of sp³-hybridized carbons (Fsp3) is 0.286. The molecule has 156 valence electrons. The Kier molecular flexibility index (Phi) is 6.12. The number of nitrogens with zero attached hydrogens (tertiary/aromatic N) is 3. The van der Waals surface area contributed by atoms with Crippen molar-refractivity contribution in [3.63, 3.8) is 0 Å². The molecule has 0 spiro atoms. The zero-order chi connectivity index (χ0) is 21.1. The molecule has 0 radical (unpaired) electrons. The topological polar surface area (TPSA) is 72.7 Å². The van der Waals surface area contributed by atoms with Crippen LogP contribution in [0.15, 0.2) is 52.0 Å². The smallest absolute Gasteiger partial charge is 0.258 e. The van der Waals surface area contributed by atoms with Crippen LogP contribution in [-0.4, -0.2) is 47.5 Å². The van der Waals surface area contributed by atoms with Gasteiger partial charge in [-0.1, -0.05) is 23.4 Å². The Morgan fingerprint density at radius 1 is 1.23 bits per heavy atom. The van der Waals surface area contributed by atoms with Gasteiger partial charge in [-0.3, -0.25) is 0 Å². The second kappa shape index (κ2) is 8.95. The van der Waals surface area contributed by atoms with Crippen molar-refractivity contribution < 1.29 is 14.0 Å². The minimum atomic E-state index is -0.223. The number of nitrogens with one attached hydrogen (secondary N) is 1. The standard InChI is InChI=1S/C21H22N4O3S2/c1-13-17(20-23-19(24-28-20)16-5-4-12-30-16)18(14-6-8-15(27-3)9-7-14)22-21(29)25(13)10-11-26-2/h4-9,12,18H,10-11H2,1-3H3,(H,22,29). The molecule has 0 bridgehead atoms. The van der Waals surface area contributed by atoms with Gasteiger partial charge in [0.1, 0.15) is 5.75 Å². The Hall–Kier alpha value is -2.75. The molecular weight excluding hydrogens is 420 g/mol. The summed E-state index contributed by atoms with van der Waals surface area (Å²) in [7, 11) is 3.32. The van der Waals surface area contributed by atoms with Crippen LogP contribution in [0, 0.1) is 0 Å². The van der Waals surface area contributed by atoms with Gasteiger partial charge < -0.3 is 24.2 Å². The van der Waals surface area contributed by atoms with E-state index in [1.807, 2.05) is 53.6 Å². The zero-order valence-corrected chi connectivity index (χ0v) is 18.5. The van der Waals surface area contributed by atoms with Crippen molar-refractivity contribution >= 4 is 34.2 Å². The molecule has 9 heteroatoms. The predicted octanol–water partition coefficient (Wildman–Crippen LogP) is 4.12. The molecule has 0 saturated heterocycles. The number of thiophene rings is 1. The van der Waals surface area contributed by atoms with E-state index < -0.39 is 0 Å². The summed E-state index contributed by atoms with van der Waals surface area (Å²) in [5, 5.41) is 10.2. The van der Waals surface area contributed by atoms with Crippen LogP contribution in [0.2, 0.25) is 0 Å². The largest absolute Gasteiger partial charge is 0.497 e. The maximum Gasteiger partial charge on any atom is 0.258 e. The maximum atomic E-state index is 5.70. The first-order valence-corrected chi connectivity index (χ1v) is 10.7. The van der Waals surface area contributed by atoms with Gasteiger partial charge in [0.15, 0.2) is 5.11 Å². The van der Waals surface area contributed by atoms with Gasteiger partial charge in [0.05, 0.1) is 30.2 Å². The molecule has 1 aromatic carbocycles. The molecule has 1 unspecified atom stereocenters. The Bertz CT molecular complexity index is 1040. The molecule has 0 fully saturated rings. The lowest BCUT2D eigenvalue weighted by Gasteiger charge is -2.37. The average Bonchev–Trinajstić information content (AvgIpc) is 3.45. The lowest BCUT2D eigenvalue weighted by Crippen LogP contribution is -2.47. The van der Waals surface area contributed by atoms with Crippen molar-refractivity contribution in [2.45, 2.75) is 13.0 Å². The van der Waals surface area contributed by atoms with Crippen LogP contribution in [-0.2, 0) is 4.74 Å². The third-order valence-corrected chi connectivity index (χ3v) is 6.17. The van der Waals surface area contributed by atoms with E-state index in [-0.39, 0.29) is 6.04 Å². The van der Waals surface area contributed by atoms with Gasteiger partial charge in [-0.15, -0.1) is 11.3 Å². The van der Waals surface area contributed by atoms with Crippen molar-refractivity contribution in [3.8, 4) is 16.5 Å². The highest BCUT2D eigenvalue weighted by atomic mass is 32.1. The fourth-order valence-electron chi connectivity index (χ4n) is 3.40. The second-order valence-corrected chi connectivity index (χ2v) is 8.03. The Morgan fingerprint density at radius 2 is 2.03 bits per heavy atom. The predicted molar refractivity (Wildman–Crippen MR) is 120 cm³/mol. The molecule has 0 saturated carbocycles. The first-order chi connectivity index (χ1) is 14.6. The van der Waals surface area contributed by atoms with E-state index in [0.717, 1.165) is 27.5 Å². The molecule has 3 aromatic rings. The fourth-order valence-corrected chi connectivity index (χ4v) is 4.39. The van der Waals surface area contributed by atoms with Crippen LogP contribution >= 0.6 is 23.6 Å². The van der Waals surface area contributed by atoms with E-state index in [9.17, 15) is 0 Å². The molecule has 1 N–H and O–H groups in total. The molecule has 30 heavy (non-hydrogen) atoms. The van der Waals surface area contributed by atoms with Crippen molar-refractivity contribution in [1.82, 2.24) is 20.4 Å². The lowest BCUT2D eigenvalue weighted by atomic mass is 9.94. The number of ether oxygens (including phenoxy) is 2. The minimum absolute atomic E-state index is 0.223. The number of hydrogen-bond acceptors (Lipinski definition) is 7. The highest BCUT2D eigenvalue weighted by Crippen LogP contribution is 2.38. The monoisotopic (exact) mass is 442 g/mol.